The number of esters is 2. The van der Waals surface area contributed by atoms with Gasteiger partial charge in [-0.05, 0) is 74.9 Å². The lowest BCUT2D eigenvalue weighted by Crippen LogP contribution is -2.45. The fourth-order valence-corrected chi connectivity index (χ4v) is 9.14. The molecule has 0 amide bonds. The zero-order valence-electron chi connectivity index (χ0n) is 25.0. The van der Waals surface area contributed by atoms with E-state index in [1.165, 1.54) is 26.4 Å². The van der Waals surface area contributed by atoms with E-state index in [1.807, 2.05) is 0 Å². The molecule has 0 unspecified atom stereocenters. The number of nitrogens with two attached hydrogens (primary N) is 1. The number of rotatable bonds is 6. The molecular formula is C29H39Cl4NO8S2. The summed E-state index contributed by atoms with van der Waals surface area (Å²) in [7, 11) is 0.575. The van der Waals surface area contributed by atoms with E-state index < -0.39 is 35.8 Å². The quantitative estimate of drug-likeness (QED) is 0.257. The number of benzene rings is 2. The molecule has 0 atom stereocenters. The molecule has 248 valence electrons. The Balaban J connectivity index is 0.000000358. The Morgan fingerprint density at radius 3 is 1.59 bits per heavy atom. The molecule has 0 radical (unpaired) electrons. The van der Waals surface area contributed by atoms with Gasteiger partial charge < -0.3 is 15.2 Å². The Labute approximate surface area is 280 Å². The van der Waals surface area contributed by atoms with Crippen molar-refractivity contribution in [2.75, 3.05) is 20.0 Å². The lowest BCUT2D eigenvalue weighted by Gasteiger charge is -2.25. The van der Waals surface area contributed by atoms with Crippen molar-refractivity contribution in [1.29, 1.82) is 0 Å². The van der Waals surface area contributed by atoms with Gasteiger partial charge in [0.05, 0.1) is 35.2 Å². The van der Waals surface area contributed by atoms with Gasteiger partial charge in [0.15, 0.2) is 9.84 Å². The van der Waals surface area contributed by atoms with E-state index >= 15 is 0 Å². The Hall–Kier alpha value is -1.60. The molecule has 2 aromatic carbocycles. The molecule has 9 nitrogen and oxygen atoms in total. The van der Waals surface area contributed by atoms with Gasteiger partial charge in [0.1, 0.15) is 5.54 Å². The SMILES string of the molecule is COC(=O)C1(CS(=O)(=O)c2cccc(Cl)c2C)CCCC1.COC(=O)C1(N)CCCC1.Cc1c(Cl)cccc1S(=O)(=O)Cl.Cl. The summed E-state index contributed by atoms with van der Waals surface area (Å²) >= 11 is 11.7. The number of carbonyl (C=O) groups is 2. The van der Waals surface area contributed by atoms with Crippen LogP contribution >= 0.6 is 46.3 Å². The first-order valence-electron chi connectivity index (χ1n) is 13.6. The van der Waals surface area contributed by atoms with Crippen LogP contribution in [0, 0.1) is 19.3 Å². The van der Waals surface area contributed by atoms with Crippen molar-refractivity contribution in [2.24, 2.45) is 11.1 Å². The predicted octanol–water partition coefficient (Wildman–Crippen LogP) is 6.58. The Kier molecular flexibility index (Phi) is 15.4. The molecule has 4 rings (SSSR count). The highest BCUT2D eigenvalue weighted by Crippen LogP contribution is 2.42. The third-order valence-corrected chi connectivity index (χ3v) is 12.1. The normalized spacial score (nSPS) is 16.7. The maximum atomic E-state index is 12.7. The molecule has 2 aliphatic rings. The second-order valence-corrected chi connectivity index (χ2v) is 16.1. The van der Waals surface area contributed by atoms with Crippen LogP contribution in [-0.2, 0) is 38.0 Å². The van der Waals surface area contributed by atoms with E-state index in [4.69, 9.17) is 44.4 Å². The molecule has 0 aliphatic heterocycles. The smallest absolute Gasteiger partial charge is 0.325 e. The van der Waals surface area contributed by atoms with Crippen LogP contribution in [-0.4, -0.2) is 54.3 Å². The summed E-state index contributed by atoms with van der Waals surface area (Å²) in [6.45, 7) is 3.28. The first-order valence-corrected chi connectivity index (χ1v) is 18.3. The van der Waals surface area contributed by atoms with Crippen LogP contribution in [0.15, 0.2) is 46.2 Å². The first-order chi connectivity index (χ1) is 19.9. The van der Waals surface area contributed by atoms with E-state index in [2.05, 4.69) is 4.74 Å². The Morgan fingerprint density at radius 1 is 0.773 bits per heavy atom. The highest BCUT2D eigenvalue weighted by atomic mass is 35.7. The molecule has 15 heteroatoms. The van der Waals surface area contributed by atoms with E-state index in [-0.39, 0.29) is 33.9 Å². The van der Waals surface area contributed by atoms with Crippen LogP contribution in [0.4, 0.5) is 0 Å². The average molecular weight is 736 g/mol. The number of carbonyl (C=O) groups excluding carboxylic acids is 2. The third kappa shape index (κ3) is 10.2. The van der Waals surface area contributed by atoms with Gasteiger partial charge in [-0.15, -0.1) is 12.4 Å². The summed E-state index contributed by atoms with van der Waals surface area (Å²) in [5.74, 6) is -0.901. The highest BCUT2D eigenvalue weighted by Gasteiger charge is 2.46. The zero-order chi connectivity index (χ0) is 32.6. The number of hydrogen-bond donors (Lipinski definition) is 1. The van der Waals surface area contributed by atoms with Crippen molar-refractivity contribution >= 4 is 77.1 Å². The average Bonchev–Trinajstić information content (AvgIpc) is 3.61. The lowest BCUT2D eigenvalue weighted by molar-refractivity contribution is -0.151. The lowest BCUT2D eigenvalue weighted by atomic mass is 9.89. The standard InChI is InChI=1S/C15H19ClO4S.C7H6Cl2O2S.C7H13NO2.ClH/c1-11-12(16)6-5-7-13(11)21(18,19)10-15(14(17)20-2)8-3-4-9-15;1-5-6(8)3-2-4-7(5)12(9,10)11;1-10-6(9)7(8)4-2-3-5-7;/h5-7H,3-4,8-10H2,1-2H3;2-4H,1H3;2-5,8H2,1H3;1H. The van der Waals surface area contributed by atoms with Crippen molar-refractivity contribution in [3.63, 3.8) is 0 Å². The molecule has 2 N–H and O–H groups in total. The van der Waals surface area contributed by atoms with Gasteiger partial charge in [0.2, 0.25) is 0 Å². The van der Waals surface area contributed by atoms with E-state index in [1.54, 1.807) is 38.1 Å². The number of methoxy groups -OCH3 is 2. The van der Waals surface area contributed by atoms with Gasteiger partial charge in [-0.1, -0.05) is 61.0 Å². The van der Waals surface area contributed by atoms with Crippen molar-refractivity contribution in [3.05, 3.63) is 57.6 Å². The molecule has 2 fully saturated rings. The molecule has 0 aromatic heterocycles. The fraction of sp³-hybridized carbons (Fsp3) is 0.517. The largest absolute Gasteiger partial charge is 0.469 e. The molecule has 2 aliphatic carbocycles. The molecular weight excluding hydrogens is 696 g/mol. The summed E-state index contributed by atoms with van der Waals surface area (Å²) in [6, 6.07) is 9.39. The zero-order valence-corrected chi connectivity index (χ0v) is 29.7. The molecule has 0 spiro atoms. The number of sulfone groups is 1. The fourth-order valence-electron chi connectivity index (χ4n) is 5.31. The van der Waals surface area contributed by atoms with Crippen LogP contribution in [0.25, 0.3) is 0 Å². The number of halogens is 4. The van der Waals surface area contributed by atoms with Crippen LogP contribution < -0.4 is 5.73 Å². The number of hydrogen-bond acceptors (Lipinski definition) is 9. The molecule has 0 bridgehead atoms. The van der Waals surface area contributed by atoms with Crippen molar-refractivity contribution < 1.29 is 35.9 Å². The summed E-state index contributed by atoms with van der Waals surface area (Å²) in [5, 5.41) is 0.811. The van der Waals surface area contributed by atoms with Gasteiger partial charge in [0.25, 0.3) is 9.05 Å². The second-order valence-electron chi connectivity index (χ2n) is 10.8. The van der Waals surface area contributed by atoms with Crippen molar-refractivity contribution in [2.45, 2.75) is 80.5 Å². The molecule has 0 heterocycles. The molecule has 2 aromatic rings. The summed E-state index contributed by atoms with van der Waals surface area (Å²) in [5.41, 5.74) is 5.17. The topological polar surface area (TPSA) is 147 Å². The van der Waals surface area contributed by atoms with Gasteiger partial charge in [-0.25, -0.2) is 16.8 Å². The van der Waals surface area contributed by atoms with E-state index in [0.29, 0.717) is 34.0 Å². The van der Waals surface area contributed by atoms with Crippen LogP contribution in [0.5, 0.6) is 0 Å². The van der Waals surface area contributed by atoms with Crippen LogP contribution in [0.1, 0.15) is 62.5 Å². The van der Waals surface area contributed by atoms with E-state index in [0.717, 1.165) is 38.5 Å². The molecule has 2 saturated carbocycles. The Bertz CT molecular complexity index is 1520. The van der Waals surface area contributed by atoms with Gasteiger partial charge in [-0.2, -0.15) is 0 Å². The minimum Gasteiger partial charge on any atom is -0.469 e. The van der Waals surface area contributed by atoms with Crippen LogP contribution in [0.2, 0.25) is 10.0 Å². The minimum absolute atomic E-state index is 0. The van der Waals surface area contributed by atoms with E-state index in [9.17, 15) is 26.4 Å². The molecule has 0 saturated heterocycles. The summed E-state index contributed by atoms with van der Waals surface area (Å²) in [6.07, 6.45) is 6.45. The van der Waals surface area contributed by atoms with Crippen molar-refractivity contribution in [1.82, 2.24) is 0 Å². The summed E-state index contributed by atoms with van der Waals surface area (Å²) < 4.78 is 56.7. The first kappa shape index (κ1) is 40.4. The van der Waals surface area contributed by atoms with Gasteiger partial charge in [-0.3, -0.25) is 9.59 Å². The van der Waals surface area contributed by atoms with Gasteiger partial charge in [0, 0.05) is 20.7 Å². The van der Waals surface area contributed by atoms with Crippen molar-refractivity contribution in [3.8, 4) is 0 Å². The maximum absolute atomic E-state index is 12.7. The monoisotopic (exact) mass is 733 g/mol. The minimum atomic E-state index is -3.67. The Morgan fingerprint density at radius 2 is 1.18 bits per heavy atom. The summed E-state index contributed by atoms with van der Waals surface area (Å²) in [4.78, 5) is 23.3. The second kappa shape index (κ2) is 16.8. The van der Waals surface area contributed by atoms with Crippen LogP contribution in [0.3, 0.4) is 0 Å². The highest BCUT2D eigenvalue weighted by molar-refractivity contribution is 8.13. The molecule has 44 heavy (non-hydrogen) atoms. The van der Waals surface area contributed by atoms with Gasteiger partial charge >= 0.3 is 11.9 Å². The maximum Gasteiger partial charge on any atom is 0.325 e. The third-order valence-electron chi connectivity index (χ3n) is 7.77. The number of ether oxygens (including phenoxy) is 2. The predicted molar refractivity (Wildman–Crippen MR) is 175 cm³/mol.